The van der Waals surface area contributed by atoms with Crippen LogP contribution in [0, 0.1) is 5.92 Å². The number of aromatic nitrogens is 1. The van der Waals surface area contributed by atoms with Gasteiger partial charge in [-0.05, 0) is 59.4 Å². The molecule has 4 rings (SSSR count). The Balaban J connectivity index is 1.50. The average Bonchev–Trinajstić information content (AvgIpc) is 2.99. The van der Waals surface area contributed by atoms with Gasteiger partial charge in [0.2, 0.25) is 0 Å². The maximum atomic E-state index is 12.4. The molecule has 4 heterocycles. The van der Waals surface area contributed by atoms with Crippen molar-refractivity contribution in [3.63, 3.8) is 0 Å². The summed E-state index contributed by atoms with van der Waals surface area (Å²) in [6.07, 6.45) is 6.28. The molecule has 5 heteroatoms. The maximum absolute atomic E-state index is 12.4. The summed E-state index contributed by atoms with van der Waals surface area (Å²) in [5.41, 5.74) is 1.80. The van der Waals surface area contributed by atoms with Crippen LogP contribution < -0.4 is 5.32 Å². The number of nitrogens with one attached hydrogen (secondary N) is 1. The van der Waals surface area contributed by atoms with Gasteiger partial charge in [-0.15, -0.1) is 0 Å². The molecule has 2 aromatic rings. The van der Waals surface area contributed by atoms with Crippen molar-refractivity contribution in [1.29, 1.82) is 0 Å². The Morgan fingerprint density at radius 1 is 1.29 bits per heavy atom. The van der Waals surface area contributed by atoms with E-state index in [2.05, 4.69) is 26.1 Å². The van der Waals surface area contributed by atoms with Crippen molar-refractivity contribution in [2.45, 2.75) is 18.9 Å². The van der Waals surface area contributed by atoms with Gasteiger partial charge in [-0.1, -0.05) is 0 Å². The summed E-state index contributed by atoms with van der Waals surface area (Å²) in [5, 5.41) is 3.20. The van der Waals surface area contributed by atoms with Crippen molar-refractivity contribution < 1.29 is 4.79 Å². The lowest BCUT2D eigenvalue weighted by atomic mass is 9.96. The number of pyridine rings is 1. The Kier molecular flexibility index (Phi) is 3.27. The van der Waals surface area contributed by atoms with Crippen LogP contribution in [0.5, 0.6) is 0 Å². The van der Waals surface area contributed by atoms with Crippen LogP contribution in [0.15, 0.2) is 35.1 Å². The van der Waals surface area contributed by atoms with Crippen molar-refractivity contribution in [3.8, 4) is 0 Å². The van der Waals surface area contributed by atoms with E-state index in [1.165, 1.54) is 19.5 Å². The van der Waals surface area contributed by atoms with E-state index < -0.39 is 0 Å². The largest absolute Gasteiger partial charge is 0.348 e. The molecule has 2 aliphatic rings. The van der Waals surface area contributed by atoms with E-state index in [0.29, 0.717) is 6.04 Å². The highest BCUT2D eigenvalue weighted by atomic mass is 79.9. The SMILES string of the molecule is O=C(N[C@@H]1C[C@@H]2CCN(C2)C1)c1ccc2cc(Br)cn2c1. The zero-order chi connectivity index (χ0) is 14.4. The zero-order valence-corrected chi connectivity index (χ0v) is 13.3. The lowest BCUT2D eigenvalue weighted by molar-refractivity contribution is 0.0909. The standard InChI is InChI=1S/C16H18BrN3O/c17-13-6-15-2-1-12(8-20(15)9-13)16(21)18-14-5-11-3-4-19(7-11)10-14/h1-2,6,8-9,11,14H,3-5,7,10H2,(H,18,21)/t11-,14+/m0/s1. The molecule has 0 spiro atoms. The smallest absolute Gasteiger partial charge is 0.253 e. The highest BCUT2D eigenvalue weighted by molar-refractivity contribution is 9.10. The molecule has 0 aliphatic carbocycles. The van der Waals surface area contributed by atoms with Crippen LogP contribution in [0.4, 0.5) is 0 Å². The number of rotatable bonds is 2. The number of hydrogen-bond acceptors (Lipinski definition) is 2. The second-order valence-corrected chi connectivity index (χ2v) is 7.14. The topological polar surface area (TPSA) is 36.8 Å². The first-order valence-electron chi connectivity index (χ1n) is 7.48. The number of carbonyl (C=O) groups excluding carboxylic acids is 1. The molecular weight excluding hydrogens is 330 g/mol. The van der Waals surface area contributed by atoms with E-state index >= 15 is 0 Å². The first-order valence-corrected chi connectivity index (χ1v) is 8.27. The molecule has 21 heavy (non-hydrogen) atoms. The van der Waals surface area contributed by atoms with Crippen LogP contribution in [-0.4, -0.2) is 40.9 Å². The third kappa shape index (κ3) is 2.60. The molecule has 4 nitrogen and oxygen atoms in total. The van der Waals surface area contributed by atoms with Crippen LogP contribution in [0.25, 0.3) is 5.52 Å². The van der Waals surface area contributed by atoms with Crippen molar-refractivity contribution >= 4 is 27.4 Å². The minimum Gasteiger partial charge on any atom is -0.348 e. The molecule has 2 fully saturated rings. The van der Waals surface area contributed by atoms with Crippen LogP contribution in [0.2, 0.25) is 0 Å². The van der Waals surface area contributed by atoms with Crippen LogP contribution in [-0.2, 0) is 0 Å². The average molecular weight is 348 g/mol. The predicted molar refractivity (Wildman–Crippen MR) is 85.5 cm³/mol. The molecule has 0 saturated carbocycles. The molecule has 2 saturated heterocycles. The lowest BCUT2D eigenvalue weighted by Gasteiger charge is -2.30. The van der Waals surface area contributed by atoms with Gasteiger partial charge in [-0.3, -0.25) is 4.79 Å². The summed E-state index contributed by atoms with van der Waals surface area (Å²) in [5.74, 6) is 0.807. The van der Waals surface area contributed by atoms with Crippen molar-refractivity contribution in [3.05, 3.63) is 40.6 Å². The Labute approximate surface area is 132 Å². The van der Waals surface area contributed by atoms with Gasteiger partial charge in [0, 0.05) is 41.5 Å². The van der Waals surface area contributed by atoms with Crippen molar-refractivity contribution in [2.24, 2.45) is 5.92 Å². The monoisotopic (exact) mass is 347 g/mol. The Morgan fingerprint density at radius 3 is 3.05 bits per heavy atom. The molecule has 1 amide bonds. The van der Waals surface area contributed by atoms with E-state index in [4.69, 9.17) is 0 Å². The van der Waals surface area contributed by atoms with Crippen molar-refractivity contribution in [1.82, 2.24) is 14.6 Å². The molecule has 2 aromatic heterocycles. The minimum absolute atomic E-state index is 0.0363. The number of fused-ring (bicyclic) bond motifs is 3. The highest BCUT2D eigenvalue weighted by Crippen LogP contribution is 2.26. The maximum Gasteiger partial charge on any atom is 0.253 e. The fourth-order valence-corrected chi connectivity index (χ4v) is 4.10. The molecule has 110 valence electrons. The Morgan fingerprint density at radius 2 is 2.19 bits per heavy atom. The molecule has 3 atom stereocenters. The van der Waals surface area contributed by atoms with E-state index in [9.17, 15) is 4.79 Å². The second-order valence-electron chi connectivity index (χ2n) is 6.23. The summed E-state index contributed by atoms with van der Waals surface area (Å²) in [6.45, 7) is 3.41. The fourth-order valence-electron chi connectivity index (χ4n) is 3.64. The van der Waals surface area contributed by atoms with Gasteiger partial charge in [-0.2, -0.15) is 0 Å². The molecular formula is C16H18BrN3O. The van der Waals surface area contributed by atoms with Crippen LogP contribution in [0.3, 0.4) is 0 Å². The van der Waals surface area contributed by atoms with E-state index in [-0.39, 0.29) is 5.91 Å². The zero-order valence-electron chi connectivity index (χ0n) is 11.8. The molecule has 1 N–H and O–H groups in total. The number of nitrogens with zero attached hydrogens (tertiary/aromatic N) is 2. The van der Waals surface area contributed by atoms with Gasteiger partial charge in [-0.25, -0.2) is 0 Å². The summed E-state index contributed by atoms with van der Waals surface area (Å²) in [7, 11) is 0. The van der Waals surface area contributed by atoms with E-state index in [1.807, 2.05) is 35.0 Å². The molecule has 1 unspecified atom stereocenters. The normalized spacial score (nSPS) is 28.0. The Hall–Kier alpha value is -1.33. The molecule has 2 aliphatic heterocycles. The van der Waals surface area contributed by atoms with Gasteiger partial charge in [0.15, 0.2) is 0 Å². The fraction of sp³-hybridized carbons (Fsp3) is 0.438. The van der Waals surface area contributed by atoms with E-state index in [0.717, 1.165) is 34.4 Å². The third-order valence-electron chi connectivity index (χ3n) is 4.62. The number of amides is 1. The van der Waals surface area contributed by atoms with Crippen LogP contribution in [0.1, 0.15) is 23.2 Å². The number of halogens is 1. The van der Waals surface area contributed by atoms with Gasteiger partial charge in [0.25, 0.3) is 5.91 Å². The Bertz CT molecular complexity index is 684. The summed E-state index contributed by atoms with van der Waals surface area (Å²) in [4.78, 5) is 14.9. The van der Waals surface area contributed by atoms with Crippen LogP contribution >= 0.6 is 15.9 Å². The quantitative estimate of drug-likeness (QED) is 0.906. The van der Waals surface area contributed by atoms with Crippen molar-refractivity contribution in [2.75, 3.05) is 19.6 Å². The summed E-state index contributed by atoms with van der Waals surface area (Å²) < 4.78 is 3.00. The number of piperidine rings is 1. The summed E-state index contributed by atoms with van der Waals surface area (Å²) >= 11 is 3.46. The predicted octanol–water partition coefficient (Wildman–Crippen LogP) is 2.53. The van der Waals surface area contributed by atoms with Gasteiger partial charge < -0.3 is 14.6 Å². The second kappa shape index (κ2) is 5.14. The van der Waals surface area contributed by atoms with Gasteiger partial charge in [0.05, 0.1) is 5.56 Å². The first kappa shape index (κ1) is 13.3. The number of hydrogen-bond donors (Lipinski definition) is 1. The minimum atomic E-state index is 0.0363. The van der Waals surface area contributed by atoms with E-state index in [1.54, 1.807) is 0 Å². The first-order chi connectivity index (χ1) is 10.2. The van der Waals surface area contributed by atoms with Gasteiger partial charge >= 0.3 is 0 Å². The summed E-state index contributed by atoms with van der Waals surface area (Å²) in [6, 6.07) is 6.21. The molecule has 0 radical (unpaired) electrons. The molecule has 0 aromatic carbocycles. The molecule has 2 bridgehead atoms. The lowest BCUT2D eigenvalue weighted by Crippen LogP contribution is -2.47. The number of carbonyl (C=O) groups is 1. The van der Waals surface area contributed by atoms with Gasteiger partial charge in [0.1, 0.15) is 0 Å². The highest BCUT2D eigenvalue weighted by Gasteiger charge is 2.32. The third-order valence-corrected chi connectivity index (χ3v) is 5.06.